The van der Waals surface area contributed by atoms with Crippen molar-refractivity contribution in [3.05, 3.63) is 84.7 Å². The van der Waals surface area contributed by atoms with E-state index in [-0.39, 0.29) is 10.3 Å². The number of nitriles is 1. The summed E-state index contributed by atoms with van der Waals surface area (Å²) >= 11 is 0. The third kappa shape index (κ3) is 5.04. The van der Waals surface area contributed by atoms with Crippen LogP contribution in [-0.4, -0.2) is 51.0 Å². The number of likely N-dealkylation sites (tertiary alicyclic amines) is 1. The highest BCUT2D eigenvalue weighted by atomic mass is 32.2. The maximum Gasteiger partial charge on any atom is 0.206 e. The van der Waals surface area contributed by atoms with E-state index >= 15 is 0 Å². The lowest BCUT2D eigenvalue weighted by Gasteiger charge is -2.47. The van der Waals surface area contributed by atoms with Crippen molar-refractivity contribution in [2.45, 2.75) is 53.7 Å². The minimum atomic E-state index is -3.53. The Morgan fingerprint density at radius 1 is 0.825 bits per heavy atom. The first-order valence-corrected chi connectivity index (χ1v) is 16.2. The van der Waals surface area contributed by atoms with Crippen molar-refractivity contribution < 1.29 is 8.42 Å². The molecule has 1 aliphatic carbocycles. The second-order valence-electron chi connectivity index (χ2n) is 11.9. The van der Waals surface area contributed by atoms with Gasteiger partial charge in [-0.05, 0) is 92.6 Å². The molecule has 3 heterocycles. The summed E-state index contributed by atoms with van der Waals surface area (Å²) in [7, 11) is -3.53. The Morgan fingerprint density at radius 2 is 1.43 bits per heavy atom. The molecular weight excluding hydrogens is 516 g/mol. The highest BCUT2D eigenvalue weighted by Gasteiger charge is 2.48. The zero-order valence-electron chi connectivity index (χ0n) is 23.0. The summed E-state index contributed by atoms with van der Waals surface area (Å²) in [5.41, 5.74) is 1.95. The van der Waals surface area contributed by atoms with Crippen LogP contribution in [0.2, 0.25) is 0 Å². The van der Waals surface area contributed by atoms with Crippen molar-refractivity contribution in [3.8, 4) is 6.07 Å². The number of aromatic nitrogens is 1. The Hall–Kier alpha value is -3.21. The van der Waals surface area contributed by atoms with E-state index in [0.29, 0.717) is 22.6 Å². The number of hydrogen-bond donors (Lipinski definition) is 0. The molecular formula is C33H38N4O2S. The third-order valence-corrected chi connectivity index (χ3v) is 11.4. The van der Waals surface area contributed by atoms with Crippen LogP contribution in [-0.2, 0) is 15.3 Å². The fourth-order valence-electron chi connectivity index (χ4n) is 7.47. The second kappa shape index (κ2) is 11.3. The van der Waals surface area contributed by atoms with Crippen LogP contribution in [0.1, 0.15) is 44.1 Å². The first-order valence-electron chi connectivity index (χ1n) is 14.7. The summed E-state index contributed by atoms with van der Waals surface area (Å²) in [6, 6.07) is 23.9. The minimum Gasteiger partial charge on any atom is -0.371 e. The molecule has 6 nitrogen and oxygen atoms in total. The van der Waals surface area contributed by atoms with Gasteiger partial charge in [0.25, 0.3) is 0 Å². The molecule has 3 fully saturated rings. The summed E-state index contributed by atoms with van der Waals surface area (Å²) in [4.78, 5) is 9.42. The fourth-order valence-corrected chi connectivity index (χ4v) is 8.72. The molecule has 2 aliphatic heterocycles. The highest BCUT2D eigenvalue weighted by molar-refractivity contribution is 7.91. The van der Waals surface area contributed by atoms with Gasteiger partial charge in [-0.15, -0.1) is 0 Å². The van der Waals surface area contributed by atoms with E-state index in [4.69, 9.17) is 0 Å². The molecule has 3 aliphatic rings. The molecule has 2 saturated heterocycles. The number of hydrogen-bond acceptors (Lipinski definition) is 6. The molecule has 208 valence electrons. The Morgan fingerprint density at radius 3 is 2.05 bits per heavy atom. The van der Waals surface area contributed by atoms with Gasteiger partial charge < -0.3 is 9.80 Å². The van der Waals surface area contributed by atoms with Crippen molar-refractivity contribution in [1.29, 1.82) is 5.26 Å². The number of piperidine rings is 1. The number of sulfone groups is 1. The van der Waals surface area contributed by atoms with Gasteiger partial charge in [-0.3, -0.25) is 4.98 Å². The van der Waals surface area contributed by atoms with Gasteiger partial charge in [0.15, 0.2) is 0 Å². The Bertz CT molecular complexity index is 1420. The molecule has 6 rings (SSSR count). The SMILES string of the molecule is N#C[C@](c1ccccc1)(C1CCCC1)C1CCN(CC2CN(c3ccc(S(=O)(=O)c4ccncc4)cc3)C2)CC1. The van der Waals surface area contributed by atoms with Crippen molar-refractivity contribution >= 4 is 15.5 Å². The van der Waals surface area contributed by atoms with Crippen LogP contribution in [0.15, 0.2) is 88.9 Å². The van der Waals surface area contributed by atoms with Crippen molar-refractivity contribution in [3.63, 3.8) is 0 Å². The van der Waals surface area contributed by atoms with Gasteiger partial charge in [-0.2, -0.15) is 5.26 Å². The van der Waals surface area contributed by atoms with Gasteiger partial charge >= 0.3 is 0 Å². The predicted octanol–water partition coefficient (Wildman–Crippen LogP) is 5.71. The van der Waals surface area contributed by atoms with Gasteiger partial charge in [-0.1, -0.05) is 43.2 Å². The normalized spacial score (nSPS) is 21.0. The largest absolute Gasteiger partial charge is 0.371 e. The van der Waals surface area contributed by atoms with Gasteiger partial charge in [0.05, 0.1) is 21.3 Å². The number of nitrogens with zero attached hydrogens (tertiary/aromatic N) is 4. The molecule has 0 radical (unpaired) electrons. The van der Waals surface area contributed by atoms with Gasteiger partial charge in [0, 0.05) is 43.6 Å². The molecule has 3 aromatic rings. The van der Waals surface area contributed by atoms with E-state index in [2.05, 4.69) is 51.2 Å². The quantitative estimate of drug-likeness (QED) is 0.355. The molecule has 0 unspecified atom stereocenters. The predicted molar refractivity (Wildman–Crippen MR) is 157 cm³/mol. The van der Waals surface area contributed by atoms with Crippen LogP contribution < -0.4 is 4.90 Å². The lowest BCUT2D eigenvalue weighted by molar-refractivity contribution is 0.103. The lowest BCUT2D eigenvalue weighted by Crippen LogP contribution is -2.53. The van der Waals surface area contributed by atoms with Crippen LogP contribution in [0.5, 0.6) is 0 Å². The molecule has 0 N–H and O–H groups in total. The van der Waals surface area contributed by atoms with E-state index in [0.717, 1.165) is 51.3 Å². The second-order valence-corrected chi connectivity index (χ2v) is 13.8. The lowest BCUT2D eigenvalue weighted by atomic mass is 9.60. The Labute approximate surface area is 238 Å². The molecule has 7 heteroatoms. The molecule has 0 amide bonds. The number of benzene rings is 2. The summed E-state index contributed by atoms with van der Waals surface area (Å²) in [5, 5.41) is 10.7. The van der Waals surface area contributed by atoms with E-state index in [1.807, 2.05) is 12.1 Å². The summed E-state index contributed by atoms with van der Waals surface area (Å²) in [5.74, 6) is 1.50. The van der Waals surface area contributed by atoms with E-state index in [1.165, 1.54) is 55.8 Å². The van der Waals surface area contributed by atoms with Gasteiger partial charge in [-0.25, -0.2) is 8.42 Å². The average Bonchev–Trinajstić information content (AvgIpc) is 3.53. The van der Waals surface area contributed by atoms with Gasteiger partial charge in [0.1, 0.15) is 0 Å². The highest BCUT2D eigenvalue weighted by Crippen LogP contribution is 2.50. The smallest absolute Gasteiger partial charge is 0.206 e. The van der Waals surface area contributed by atoms with Crippen LogP contribution in [0.25, 0.3) is 0 Å². The van der Waals surface area contributed by atoms with E-state index < -0.39 is 9.84 Å². The van der Waals surface area contributed by atoms with Crippen molar-refractivity contribution in [2.24, 2.45) is 17.8 Å². The average molecular weight is 555 g/mol. The monoisotopic (exact) mass is 554 g/mol. The van der Waals surface area contributed by atoms with Crippen molar-refractivity contribution in [2.75, 3.05) is 37.6 Å². The van der Waals surface area contributed by atoms with Crippen LogP contribution in [0.3, 0.4) is 0 Å². The first kappa shape index (κ1) is 27.0. The maximum atomic E-state index is 12.9. The van der Waals surface area contributed by atoms with E-state index in [9.17, 15) is 13.7 Å². The molecule has 1 aromatic heterocycles. The standard InChI is InChI=1S/C33H38N4O2S/c34-25-33(28-8-4-5-9-28,27-6-2-1-3-7-27)29-16-20-36(21-17-29)22-26-23-37(24-26)30-10-12-31(13-11-30)40(38,39)32-14-18-35-19-15-32/h1-3,6-7,10-15,18-19,26,28-29H,4-5,8-9,16-17,20-24H2/t33-/m0/s1. The summed E-state index contributed by atoms with van der Waals surface area (Å²) < 4.78 is 25.7. The molecule has 1 atom stereocenters. The molecule has 2 aromatic carbocycles. The zero-order valence-corrected chi connectivity index (χ0v) is 23.8. The van der Waals surface area contributed by atoms with Crippen LogP contribution in [0, 0.1) is 29.1 Å². The zero-order chi connectivity index (χ0) is 27.6. The fraction of sp³-hybridized carbons (Fsp3) is 0.455. The number of pyridine rings is 1. The van der Waals surface area contributed by atoms with Gasteiger partial charge in [0.2, 0.25) is 9.84 Å². The molecule has 1 saturated carbocycles. The van der Waals surface area contributed by atoms with Crippen LogP contribution >= 0.6 is 0 Å². The van der Waals surface area contributed by atoms with E-state index in [1.54, 1.807) is 12.1 Å². The summed E-state index contributed by atoms with van der Waals surface area (Å²) in [6.07, 6.45) is 10.0. The number of rotatable bonds is 8. The number of anilines is 1. The maximum absolute atomic E-state index is 12.9. The molecule has 40 heavy (non-hydrogen) atoms. The summed E-state index contributed by atoms with van der Waals surface area (Å²) in [6.45, 7) is 5.19. The molecule has 0 spiro atoms. The van der Waals surface area contributed by atoms with Crippen molar-refractivity contribution in [1.82, 2.24) is 9.88 Å². The third-order valence-electron chi connectivity index (χ3n) is 9.61. The minimum absolute atomic E-state index is 0.266. The Kier molecular flexibility index (Phi) is 7.65. The molecule has 0 bridgehead atoms. The first-order chi connectivity index (χ1) is 19.5. The van der Waals surface area contributed by atoms with Crippen LogP contribution in [0.4, 0.5) is 5.69 Å². The Balaban J connectivity index is 1.04. The topological polar surface area (TPSA) is 77.3 Å².